The summed E-state index contributed by atoms with van der Waals surface area (Å²) in [7, 11) is 0. The lowest BCUT2D eigenvalue weighted by atomic mass is 9.92. The Morgan fingerprint density at radius 2 is 1.82 bits per heavy atom. The predicted octanol–water partition coefficient (Wildman–Crippen LogP) is 2.78. The molecule has 1 amide bonds. The van der Waals surface area contributed by atoms with Crippen molar-refractivity contribution < 1.29 is 19.4 Å². The van der Waals surface area contributed by atoms with E-state index >= 15 is 0 Å². The molecule has 1 aromatic rings. The van der Waals surface area contributed by atoms with Gasteiger partial charge >= 0.3 is 6.09 Å². The van der Waals surface area contributed by atoms with Gasteiger partial charge < -0.3 is 15.2 Å². The molecule has 0 aliphatic heterocycles. The number of ketones is 1. The van der Waals surface area contributed by atoms with E-state index in [0.717, 1.165) is 0 Å². The maximum atomic E-state index is 12.2. The lowest BCUT2D eigenvalue weighted by Crippen LogP contribution is -2.35. The van der Waals surface area contributed by atoms with E-state index in [1.54, 1.807) is 52.0 Å². The molecule has 0 heterocycles. The third-order valence-electron chi connectivity index (χ3n) is 3.16. The second-order valence-electron chi connectivity index (χ2n) is 6.30. The normalized spacial score (nSPS) is 14.0. The van der Waals surface area contributed by atoms with Crippen molar-refractivity contribution in [3.8, 4) is 0 Å². The van der Waals surface area contributed by atoms with E-state index in [4.69, 9.17) is 4.74 Å². The Labute approximate surface area is 131 Å². The monoisotopic (exact) mass is 307 g/mol. The molecule has 0 radical (unpaired) electrons. The SMILES string of the molecule is C[C@H](C(=O)c1ccccc1)[C@@H](O)CCNC(=O)OC(C)(C)C. The highest BCUT2D eigenvalue weighted by Crippen LogP contribution is 2.14. The van der Waals surface area contributed by atoms with Crippen molar-refractivity contribution in [3.05, 3.63) is 35.9 Å². The summed E-state index contributed by atoms with van der Waals surface area (Å²) < 4.78 is 5.10. The first kappa shape index (κ1) is 18.2. The van der Waals surface area contributed by atoms with Crippen LogP contribution in [0.25, 0.3) is 0 Å². The van der Waals surface area contributed by atoms with Crippen molar-refractivity contribution >= 4 is 11.9 Å². The number of hydrogen-bond donors (Lipinski definition) is 2. The van der Waals surface area contributed by atoms with Crippen LogP contribution in [-0.2, 0) is 4.74 Å². The molecule has 2 N–H and O–H groups in total. The van der Waals surface area contributed by atoms with Gasteiger partial charge in [-0.1, -0.05) is 37.3 Å². The Morgan fingerprint density at radius 1 is 1.23 bits per heavy atom. The number of ether oxygens (including phenoxy) is 1. The molecule has 22 heavy (non-hydrogen) atoms. The van der Waals surface area contributed by atoms with E-state index in [-0.39, 0.29) is 12.3 Å². The minimum atomic E-state index is -0.817. The highest BCUT2D eigenvalue weighted by atomic mass is 16.6. The van der Waals surface area contributed by atoms with E-state index in [1.807, 2.05) is 6.07 Å². The molecule has 5 heteroatoms. The van der Waals surface area contributed by atoms with Crippen LogP contribution in [0.1, 0.15) is 44.5 Å². The summed E-state index contributed by atoms with van der Waals surface area (Å²) in [5.74, 6) is -0.631. The first-order chi connectivity index (χ1) is 10.2. The number of hydrogen-bond acceptors (Lipinski definition) is 4. The number of benzene rings is 1. The molecule has 0 saturated heterocycles. The Morgan fingerprint density at radius 3 is 2.36 bits per heavy atom. The Hall–Kier alpha value is -1.88. The van der Waals surface area contributed by atoms with E-state index in [0.29, 0.717) is 12.0 Å². The molecule has 0 bridgehead atoms. The van der Waals surface area contributed by atoms with Crippen LogP contribution in [0, 0.1) is 5.92 Å². The van der Waals surface area contributed by atoms with Crippen LogP contribution in [0.5, 0.6) is 0 Å². The molecule has 0 saturated carbocycles. The fourth-order valence-corrected chi connectivity index (χ4v) is 1.93. The van der Waals surface area contributed by atoms with Crippen molar-refractivity contribution in [2.75, 3.05) is 6.54 Å². The molecule has 0 unspecified atom stereocenters. The highest BCUT2D eigenvalue weighted by molar-refractivity contribution is 5.97. The van der Waals surface area contributed by atoms with Gasteiger partial charge in [-0.25, -0.2) is 4.79 Å². The average Bonchev–Trinajstić information content (AvgIpc) is 2.44. The van der Waals surface area contributed by atoms with Crippen molar-refractivity contribution in [3.63, 3.8) is 0 Å². The number of nitrogens with one attached hydrogen (secondary N) is 1. The van der Waals surface area contributed by atoms with E-state index in [2.05, 4.69) is 5.32 Å². The Bertz CT molecular complexity index is 493. The summed E-state index contributed by atoms with van der Waals surface area (Å²) >= 11 is 0. The Kier molecular flexibility index (Phi) is 6.56. The fourth-order valence-electron chi connectivity index (χ4n) is 1.93. The number of rotatable bonds is 6. The highest BCUT2D eigenvalue weighted by Gasteiger charge is 2.23. The zero-order chi connectivity index (χ0) is 16.8. The molecule has 122 valence electrons. The van der Waals surface area contributed by atoms with Gasteiger partial charge in [0.2, 0.25) is 0 Å². The number of aliphatic hydroxyl groups excluding tert-OH is 1. The van der Waals surface area contributed by atoms with Crippen LogP contribution in [0.2, 0.25) is 0 Å². The molecule has 5 nitrogen and oxygen atoms in total. The number of aliphatic hydroxyl groups is 1. The van der Waals surface area contributed by atoms with E-state index in [1.165, 1.54) is 0 Å². The maximum Gasteiger partial charge on any atom is 0.407 e. The largest absolute Gasteiger partial charge is 0.444 e. The van der Waals surface area contributed by atoms with Crippen molar-refractivity contribution in [2.24, 2.45) is 5.92 Å². The zero-order valence-electron chi connectivity index (χ0n) is 13.6. The lowest BCUT2D eigenvalue weighted by Gasteiger charge is -2.21. The Balaban J connectivity index is 2.40. The van der Waals surface area contributed by atoms with Gasteiger partial charge in [-0.15, -0.1) is 0 Å². The summed E-state index contributed by atoms with van der Waals surface area (Å²) in [5.41, 5.74) is 0.0216. The van der Waals surface area contributed by atoms with Crippen LogP contribution in [0.15, 0.2) is 30.3 Å². The summed E-state index contributed by atoms with van der Waals surface area (Å²) in [6.45, 7) is 7.28. The first-order valence-electron chi connectivity index (χ1n) is 7.45. The van der Waals surface area contributed by atoms with Gasteiger partial charge in [0.15, 0.2) is 5.78 Å². The van der Waals surface area contributed by atoms with Crippen LogP contribution < -0.4 is 5.32 Å². The summed E-state index contributed by atoms with van der Waals surface area (Å²) in [6, 6.07) is 8.87. The lowest BCUT2D eigenvalue weighted by molar-refractivity contribution is 0.0505. The van der Waals surface area contributed by atoms with Gasteiger partial charge in [-0.05, 0) is 27.2 Å². The molecular weight excluding hydrogens is 282 g/mol. The van der Waals surface area contributed by atoms with Crippen LogP contribution in [0.3, 0.4) is 0 Å². The van der Waals surface area contributed by atoms with E-state index in [9.17, 15) is 14.7 Å². The number of amides is 1. The molecule has 2 atom stereocenters. The van der Waals surface area contributed by atoms with Crippen LogP contribution in [-0.4, -0.2) is 35.2 Å². The minimum Gasteiger partial charge on any atom is -0.444 e. The second kappa shape index (κ2) is 7.94. The van der Waals surface area contributed by atoms with Gasteiger partial charge in [-0.2, -0.15) is 0 Å². The summed E-state index contributed by atoms with van der Waals surface area (Å²) in [6.07, 6.45) is -1.05. The molecule has 0 aromatic heterocycles. The summed E-state index contributed by atoms with van der Waals surface area (Å²) in [4.78, 5) is 23.7. The number of carbonyl (C=O) groups is 2. The molecule has 0 aliphatic rings. The standard InChI is InChI=1S/C17H25NO4/c1-12(15(20)13-8-6-5-7-9-13)14(19)10-11-18-16(21)22-17(2,3)4/h5-9,12,14,19H,10-11H2,1-4H3,(H,18,21)/t12-,14-/m0/s1. The summed E-state index contributed by atoms with van der Waals surface area (Å²) in [5, 5.41) is 12.7. The maximum absolute atomic E-state index is 12.2. The molecular formula is C17H25NO4. The third kappa shape index (κ3) is 6.26. The quantitative estimate of drug-likeness (QED) is 0.792. The van der Waals surface area contributed by atoms with Gasteiger partial charge in [0.25, 0.3) is 0 Å². The second-order valence-corrected chi connectivity index (χ2v) is 6.30. The number of alkyl carbamates (subject to hydrolysis) is 1. The molecule has 1 aromatic carbocycles. The van der Waals surface area contributed by atoms with Gasteiger partial charge in [0.1, 0.15) is 5.60 Å². The van der Waals surface area contributed by atoms with Crippen molar-refractivity contribution in [1.82, 2.24) is 5.32 Å². The van der Waals surface area contributed by atoms with Gasteiger partial charge in [-0.3, -0.25) is 4.79 Å². The third-order valence-corrected chi connectivity index (χ3v) is 3.16. The van der Waals surface area contributed by atoms with Crippen LogP contribution in [0.4, 0.5) is 4.79 Å². The fraction of sp³-hybridized carbons (Fsp3) is 0.529. The van der Waals surface area contributed by atoms with Crippen molar-refractivity contribution in [2.45, 2.75) is 45.8 Å². The predicted molar refractivity (Wildman–Crippen MR) is 84.8 cm³/mol. The zero-order valence-corrected chi connectivity index (χ0v) is 13.6. The van der Waals surface area contributed by atoms with Crippen molar-refractivity contribution in [1.29, 1.82) is 0 Å². The molecule has 0 fully saturated rings. The smallest absolute Gasteiger partial charge is 0.407 e. The number of Topliss-reactive ketones (excluding diaryl/α,β-unsaturated/α-hetero) is 1. The molecule has 0 spiro atoms. The van der Waals surface area contributed by atoms with Crippen LogP contribution >= 0.6 is 0 Å². The minimum absolute atomic E-state index is 0.106. The number of carbonyl (C=O) groups excluding carboxylic acids is 2. The van der Waals surface area contributed by atoms with Gasteiger partial charge in [0.05, 0.1) is 6.10 Å². The molecule has 1 rings (SSSR count). The topological polar surface area (TPSA) is 75.6 Å². The van der Waals surface area contributed by atoms with E-state index < -0.39 is 23.7 Å². The molecule has 0 aliphatic carbocycles. The van der Waals surface area contributed by atoms with Gasteiger partial charge in [0, 0.05) is 18.0 Å². The average molecular weight is 307 g/mol. The first-order valence-corrected chi connectivity index (χ1v) is 7.45.